The summed E-state index contributed by atoms with van der Waals surface area (Å²) in [5.74, 6) is 0. The van der Waals surface area contributed by atoms with E-state index in [4.69, 9.17) is 4.74 Å². The maximum Gasteiger partial charge on any atom is 0.407 e. The number of aryl methyl sites for hydroxylation is 1. The molecule has 1 N–H and O–H groups in total. The fourth-order valence-electron chi connectivity index (χ4n) is 1.57. The number of hydrogen-bond donors (Lipinski definition) is 1. The maximum atomic E-state index is 10.7. The number of nitrogens with one attached hydrogen (secondary N) is 1. The molecule has 1 amide bonds. The Kier molecular flexibility index (Phi) is 2.68. The van der Waals surface area contributed by atoms with E-state index in [9.17, 15) is 4.79 Å². The van der Waals surface area contributed by atoms with Gasteiger partial charge in [0.2, 0.25) is 0 Å². The van der Waals surface area contributed by atoms with Gasteiger partial charge in [0.1, 0.15) is 6.10 Å². The third-order valence-electron chi connectivity index (χ3n) is 2.35. The second-order valence-corrected chi connectivity index (χ2v) is 3.43. The average molecular weight is 191 g/mol. The Hall–Kier alpha value is -1.51. The van der Waals surface area contributed by atoms with Gasteiger partial charge in [-0.2, -0.15) is 0 Å². The summed E-state index contributed by atoms with van der Waals surface area (Å²) in [6.45, 7) is 0.645. The van der Waals surface area contributed by atoms with Gasteiger partial charge in [-0.1, -0.05) is 30.3 Å². The van der Waals surface area contributed by atoms with Gasteiger partial charge in [-0.15, -0.1) is 0 Å². The Balaban J connectivity index is 1.80. The summed E-state index contributed by atoms with van der Waals surface area (Å²) in [5.41, 5.74) is 1.29. The molecule has 2 rings (SSSR count). The third kappa shape index (κ3) is 2.25. The van der Waals surface area contributed by atoms with Gasteiger partial charge in [0.05, 0.1) is 6.54 Å². The highest BCUT2D eigenvalue weighted by Crippen LogP contribution is 2.09. The predicted octanol–water partition coefficient (Wildman–Crippen LogP) is 1.73. The van der Waals surface area contributed by atoms with Crippen LogP contribution in [0.2, 0.25) is 0 Å². The van der Waals surface area contributed by atoms with Crippen LogP contribution in [-0.2, 0) is 11.2 Å². The van der Waals surface area contributed by atoms with Crippen LogP contribution >= 0.6 is 0 Å². The van der Waals surface area contributed by atoms with Gasteiger partial charge in [-0.3, -0.25) is 0 Å². The number of ether oxygens (including phenoxy) is 1. The number of carbonyl (C=O) groups is 1. The zero-order valence-corrected chi connectivity index (χ0v) is 7.90. The second kappa shape index (κ2) is 4.13. The van der Waals surface area contributed by atoms with Gasteiger partial charge in [-0.05, 0) is 18.4 Å². The highest BCUT2D eigenvalue weighted by molar-refractivity contribution is 5.69. The Bertz CT molecular complexity index is 310. The molecule has 1 aliphatic heterocycles. The SMILES string of the molecule is O=C1NCC(CCc2ccccc2)O1. The first-order valence-corrected chi connectivity index (χ1v) is 4.83. The maximum absolute atomic E-state index is 10.7. The third-order valence-corrected chi connectivity index (χ3v) is 2.35. The molecule has 1 fully saturated rings. The lowest BCUT2D eigenvalue weighted by molar-refractivity contribution is 0.136. The summed E-state index contributed by atoms with van der Waals surface area (Å²) in [5, 5.41) is 2.64. The van der Waals surface area contributed by atoms with E-state index in [1.165, 1.54) is 5.56 Å². The molecular weight excluding hydrogens is 178 g/mol. The van der Waals surface area contributed by atoms with E-state index < -0.39 is 0 Å². The number of cyclic esters (lactones) is 1. The first-order chi connectivity index (χ1) is 6.84. The van der Waals surface area contributed by atoms with Crippen molar-refractivity contribution in [3.8, 4) is 0 Å². The Morgan fingerprint density at radius 2 is 2.14 bits per heavy atom. The van der Waals surface area contributed by atoms with Crippen molar-refractivity contribution in [3.05, 3.63) is 35.9 Å². The summed E-state index contributed by atoms with van der Waals surface area (Å²) < 4.78 is 5.03. The molecule has 1 saturated heterocycles. The predicted molar refractivity (Wildman–Crippen MR) is 53.0 cm³/mol. The molecule has 3 nitrogen and oxygen atoms in total. The van der Waals surface area contributed by atoms with Crippen molar-refractivity contribution in [2.75, 3.05) is 6.54 Å². The van der Waals surface area contributed by atoms with Gasteiger partial charge in [0, 0.05) is 0 Å². The fourth-order valence-corrected chi connectivity index (χ4v) is 1.57. The van der Waals surface area contributed by atoms with Crippen molar-refractivity contribution in [3.63, 3.8) is 0 Å². The van der Waals surface area contributed by atoms with Crippen LogP contribution < -0.4 is 5.32 Å². The van der Waals surface area contributed by atoms with Crippen molar-refractivity contribution >= 4 is 6.09 Å². The Labute approximate surface area is 83.1 Å². The highest BCUT2D eigenvalue weighted by atomic mass is 16.6. The van der Waals surface area contributed by atoms with E-state index in [-0.39, 0.29) is 12.2 Å². The van der Waals surface area contributed by atoms with Crippen molar-refractivity contribution in [1.82, 2.24) is 5.32 Å². The number of hydrogen-bond acceptors (Lipinski definition) is 2. The smallest absolute Gasteiger partial charge is 0.407 e. The van der Waals surface area contributed by atoms with E-state index >= 15 is 0 Å². The number of rotatable bonds is 3. The monoisotopic (exact) mass is 191 g/mol. The van der Waals surface area contributed by atoms with Crippen LogP contribution in [0.4, 0.5) is 4.79 Å². The van der Waals surface area contributed by atoms with Crippen molar-refractivity contribution in [2.45, 2.75) is 18.9 Å². The largest absolute Gasteiger partial charge is 0.444 e. The topological polar surface area (TPSA) is 38.3 Å². The Morgan fingerprint density at radius 3 is 2.79 bits per heavy atom. The van der Waals surface area contributed by atoms with Crippen LogP contribution in [0.25, 0.3) is 0 Å². The molecule has 1 aliphatic rings. The molecule has 1 atom stereocenters. The molecular formula is C11H13NO2. The van der Waals surface area contributed by atoms with Crippen molar-refractivity contribution in [2.24, 2.45) is 0 Å². The van der Waals surface area contributed by atoms with Gasteiger partial charge in [-0.25, -0.2) is 4.79 Å². The van der Waals surface area contributed by atoms with E-state index in [0.29, 0.717) is 6.54 Å². The van der Waals surface area contributed by atoms with Crippen molar-refractivity contribution < 1.29 is 9.53 Å². The van der Waals surface area contributed by atoms with Gasteiger partial charge < -0.3 is 10.1 Å². The highest BCUT2D eigenvalue weighted by Gasteiger charge is 2.21. The molecule has 1 unspecified atom stereocenters. The minimum Gasteiger partial charge on any atom is -0.444 e. The molecule has 1 aromatic carbocycles. The number of carbonyl (C=O) groups excluding carboxylic acids is 1. The number of amides is 1. The van der Waals surface area contributed by atoms with Gasteiger partial charge in [0.15, 0.2) is 0 Å². The zero-order chi connectivity index (χ0) is 9.80. The van der Waals surface area contributed by atoms with Crippen LogP contribution in [0.3, 0.4) is 0 Å². The van der Waals surface area contributed by atoms with Crippen LogP contribution in [0.15, 0.2) is 30.3 Å². The van der Waals surface area contributed by atoms with Crippen molar-refractivity contribution in [1.29, 1.82) is 0 Å². The van der Waals surface area contributed by atoms with Crippen LogP contribution in [-0.4, -0.2) is 18.7 Å². The molecule has 3 heteroatoms. The van der Waals surface area contributed by atoms with E-state index in [2.05, 4.69) is 17.4 Å². The molecule has 0 spiro atoms. The minimum atomic E-state index is -0.289. The molecule has 1 heterocycles. The van der Waals surface area contributed by atoms with E-state index in [0.717, 1.165) is 12.8 Å². The number of alkyl carbamates (subject to hydrolysis) is 1. The van der Waals surface area contributed by atoms with Gasteiger partial charge >= 0.3 is 6.09 Å². The normalized spacial score (nSPS) is 20.3. The fraction of sp³-hybridized carbons (Fsp3) is 0.364. The summed E-state index contributed by atoms with van der Waals surface area (Å²) >= 11 is 0. The zero-order valence-electron chi connectivity index (χ0n) is 7.90. The lowest BCUT2D eigenvalue weighted by atomic mass is 10.1. The summed E-state index contributed by atoms with van der Waals surface area (Å²) in [6, 6.07) is 10.2. The van der Waals surface area contributed by atoms with E-state index in [1.54, 1.807) is 0 Å². The lowest BCUT2D eigenvalue weighted by Gasteiger charge is -2.06. The molecule has 0 saturated carbocycles. The second-order valence-electron chi connectivity index (χ2n) is 3.43. The lowest BCUT2D eigenvalue weighted by Crippen LogP contribution is -2.15. The molecule has 0 radical (unpaired) electrons. The van der Waals surface area contributed by atoms with Crippen LogP contribution in [0, 0.1) is 0 Å². The molecule has 0 bridgehead atoms. The standard InChI is InChI=1S/C11H13NO2/c13-11-12-8-10(14-11)7-6-9-4-2-1-3-5-9/h1-5,10H,6-8H2,(H,12,13). The average Bonchev–Trinajstić information content (AvgIpc) is 2.63. The first kappa shape index (κ1) is 9.06. The first-order valence-electron chi connectivity index (χ1n) is 4.83. The van der Waals surface area contributed by atoms with E-state index in [1.807, 2.05) is 18.2 Å². The number of benzene rings is 1. The summed E-state index contributed by atoms with van der Waals surface area (Å²) in [4.78, 5) is 10.7. The minimum absolute atomic E-state index is 0.0442. The molecule has 0 aromatic heterocycles. The molecule has 74 valence electrons. The summed E-state index contributed by atoms with van der Waals surface area (Å²) in [6.07, 6.45) is 1.61. The quantitative estimate of drug-likeness (QED) is 0.790. The van der Waals surface area contributed by atoms with Crippen LogP contribution in [0.5, 0.6) is 0 Å². The molecule has 1 aromatic rings. The van der Waals surface area contributed by atoms with Crippen LogP contribution in [0.1, 0.15) is 12.0 Å². The molecule has 14 heavy (non-hydrogen) atoms. The summed E-state index contributed by atoms with van der Waals surface area (Å²) in [7, 11) is 0. The van der Waals surface area contributed by atoms with Gasteiger partial charge in [0.25, 0.3) is 0 Å². The Morgan fingerprint density at radius 1 is 1.36 bits per heavy atom. The molecule has 0 aliphatic carbocycles.